The van der Waals surface area contributed by atoms with Crippen molar-refractivity contribution in [2.45, 2.75) is 19.4 Å². The molecule has 6 heteroatoms. The summed E-state index contributed by atoms with van der Waals surface area (Å²) in [6.07, 6.45) is 0. The average Bonchev–Trinajstić information content (AvgIpc) is 2.54. The van der Waals surface area contributed by atoms with Crippen molar-refractivity contribution >= 4 is 33.2 Å². The molecule has 4 nitrogen and oxygen atoms in total. The molecule has 0 aliphatic carbocycles. The average molecular weight is 335 g/mol. The Morgan fingerprint density at radius 3 is 2.67 bits per heavy atom. The maximum absolute atomic E-state index is 11.9. The topological polar surface area (TPSA) is 52.6 Å². The van der Waals surface area contributed by atoms with E-state index in [0.717, 1.165) is 9.35 Å². The van der Waals surface area contributed by atoms with E-state index in [-0.39, 0.29) is 12.5 Å². The van der Waals surface area contributed by atoms with Crippen molar-refractivity contribution in [3.05, 3.63) is 20.3 Å². The molecule has 1 aromatic heterocycles. The number of rotatable bonds is 5. The fourth-order valence-corrected chi connectivity index (χ4v) is 3.12. The molecule has 18 heavy (non-hydrogen) atoms. The molecule has 0 aliphatic heterocycles. The molecule has 0 bridgehead atoms. The van der Waals surface area contributed by atoms with Gasteiger partial charge < -0.3 is 15.3 Å². The van der Waals surface area contributed by atoms with Crippen LogP contribution in [-0.4, -0.2) is 48.7 Å². The van der Waals surface area contributed by atoms with E-state index in [1.807, 2.05) is 32.0 Å². The van der Waals surface area contributed by atoms with Crippen LogP contribution < -0.4 is 5.32 Å². The van der Waals surface area contributed by atoms with Gasteiger partial charge >= 0.3 is 0 Å². The van der Waals surface area contributed by atoms with Crippen LogP contribution in [0.15, 0.2) is 9.85 Å². The van der Waals surface area contributed by atoms with Gasteiger partial charge in [-0.3, -0.25) is 4.79 Å². The van der Waals surface area contributed by atoms with Gasteiger partial charge in [-0.1, -0.05) is 0 Å². The maximum Gasteiger partial charge on any atom is 0.261 e. The molecule has 1 unspecified atom stereocenters. The van der Waals surface area contributed by atoms with Crippen LogP contribution in [0, 0.1) is 6.92 Å². The van der Waals surface area contributed by atoms with Crippen LogP contribution in [0.5, 0.6) is 0 Å². The fraction of sp³-hybridized carbons (Fsp3) is 0.583. The molecule has 1 aromatic rings. The summed E-state index contributed by atoms with van der Waals surface area (Å²) in [5.41, 5.74) is 0.119. The number of hydrogen-bond acceptors (Lipinski definition) is 4. The van der Waals surface area contributed by atoms with Crippen molar-refractivity contribution in [2.24, 2.45) is 0 Å². The van der Waals surface area contributed by atoms with Crippen LogP contribution in [-0.2, 0) is 0 Å². The van der Waals surface area contributed by atoms with Gasteiger partial charge in [-0.25, -0.2) is 0 Å². The first-order valence-electron chi connectivity index (χ1n) is 5.62. The van der Waals surface area contributed by atoms with E-state index in [1.54, 1.807) is 6.92 Å². The van der Waals surface area contributed by atoms with Crippen LogP contribution in [0.2, 0.25) is 0 Å². The summed E-state index contributed by atoms with van der Waals surface area (Å²) in [6.45, 7) is 4.39. The zero-order valence-electron chi connectivity index (χ0n) is 11.1. The Labute approximate surface area is 120 Å². The van der Waals surface area contributed by atoms with E-state index in [1.165, 1.54) is 11.3 Å². The lowest BCUT2D eigenvalue weighted by Crippen LogP contribution is -2.47. The van der Waals surface area contributed by atoms with Crippen LogP contribution in [0.25, 0.3) is 0 Å². The highest BCUT2D eigenvalue weighted by molar-refractivity contribution is 9.11. The smallest absolute Gasteiger partial charge is 0.261 e. The van der Waals surface area contributed by atoms with Crippen LogP contribution in [0.4, 0.5) is 0 Å². The molecule has 0 fully saturated rings. The Kier molecular flexibility index (Phi) is 5.33. The lowest BCUT2D eigenvalue weighted by atomic mass is 10.1. The first kappa shape index (κ1) is 15.6. The fourth-order valence-electron chi connectivity index (χ4n) is 1.67. The summed E-state index contributed by atoms with van der Waals surface area (Å²) in [5.74, 6) is -0.146. The lowest BCUT2D eigenvalue weighted by Gasteiger charge is -2.26. The largest absolute Gasteiger partial charge is 0.387 e. The zero-order chi connectivity index (χ0) is 13.9. The number of hydrogen-bond donors (Lipinski definition) is 2. The van der Waals surface area contributed by atoms with Crippen molar-refractivity contribution in [3.63, 3.8) is 0 Å². The molecule has 0 aromatic carbocycles. The quantitative estimate of drug-likeness (QED) is 0.864. The van der Waals surface area contributed by atoms with Crippen molar-refractivity contribution in [3.8, 4) is 0 Å². The number of carbonyl (C=O) groups excluding carboxylic acids is 1. The molecule has 0 saturated heterocycles. The maximum atomic E-state index is 11.9. The monoisotopic (exact) mass is 334 g/mol. The first-order chi connectivity index (χ1) is 8.21. The predicted octanol–water partition coefficient (Wildman–Crippen LogP) is 1.86. The van der Waals surface area contributed by atoms with E-state index in [0.29, 0.717) is 11.4 Å². The second-order valence-corrected chi connectivity index (χ2v) is 7.35. The van der Waals surface area contributed by atoms with Gasteiger partial charge in [0.15, 0.2) is 0 Å². The van der Waals surface area contributed by atoms with Crippen LogP contribution >= 0.6 is 27.3 Å². The third-order valence-electron chi connectivity index (χ3n) is 2.37. The zero-order valence-corrected chi connectivity index (χ0v) is 13.5. The van der Waals surface area contributed by atoms with Gasteiger partial charge in [0.1, 0.15) is 0 Å². The van der Waals surface area contributed by atoms with E-state index in [4.69, 9.17) is 0 Å². The summed E-state index contributed by atoms with van der Waals surface area (Å²) in [4.78, 5) is 14.4. The summed E-state index contributed by atoms with van der Waals surface area (Å²) in [6, 6.07) is 1.84. The van der Waals surface area contributed by atoms with Gasteiger partial charge in [0.25, 0.3) is 5.91 Å². The molecule has 0 radical (unpaired) electrons. The second kappa shape index (κ2) is 6.14. The number of nitrogens with one attached hydrogen (secondary N) is 1. The Morgan fingerprint density at radius 1 is 1.61 bits per heavy atom. The number of aryl methyl sites for hydroxylation is 1. The highest BCUT2D eigenvalue weighted by atomic mass is 79.9. The summed E-state index contributed by atoms with van der Waals surface area (Å²) in [7, 11) is 3.77. The first-order valence-corrected chi connectivity index (χ1v) is 7.23. The minimum atomic E-state index is -0.928. The second-order valence-electron chi connectivity index (χ2n) is 4.98. The molecule has 0 spiro atoms. The molecule has 0 aliphatic rings. The third-order valence-corrected chi connectivity index (χ3v) is 4.50. The molecule has 1 amide bonds. The van der Waals surface area contributed by atoms with Crippen LogP contribution in [0.1, 0.15) is 22.2 Å². The molecule has 1 heterocycles. The number of amides is 1. The van der Waals surface area contributed by atoms with E-state index < -0.39 is 5.60 Å². The van der Waals surface area contributed by atoms with Crippen molar-refractivity contribution in [1.82, 2.24) is 10.2 Å². The van der Waals surface area contributed by atoms with Gasteiger partial charge in [0.2, 0.25) is 0 Å². The standard InChI is InChI=1S/C12H19BrN2O2S/c1-8-5-9(18-10(8)13)11(16)14-6-12(2,17)7-15(3)4/h5,17H,6-7H2,1-4H3,(H,14,16). The third kappa shape index (κ3) is 4.68. The van der Waals surface area contributed by atoms with Crippen molar-refractivity contribution in [1.29, 1.82) is 0 Å². The number of aliphatic hydroxyl groups is 1. The Balaban J connectivity index is 2.56. The van der Waals surface area contributed by atoms with Gasteiger partial charge in [0, 0.05) is 13.1 Å². The van der Waals surface area contributed by atoms with E-state index in [9.17, 15) is 9.90 Å². The molecule has 102 valence electrons. The number of likely N-dealkylation sites (N-methyl/N-ethyl adjacent to an activating group) is 1. The molecule has 1 rings (SSSR count). The lowest BCUT2D eigenvalue weighted by molar-refractivity contribution is 0.0326. The molecule has 1 atom stereocenters. The molecular formula is C12H19BrN2O2S. The number of nitrogens with zero attached hydrogens (tertiary/aromatic N) is 1. The van der Waals surface area contributed by atoms with Gasteiger partial charge in [-0.15, -0.1) is 11.3 Å². The Bertz CT molecular complexity index is 410. The van der Waals surface area contributed by atoms with E-state index >= 15 is 0 Å². The SMILES string of the molecule is Cc1cc(C(=O)NCC(C)(O)CN(C)C)sc1Br. The van der Waals surface area contributed by atoms with Crippen LogP contribution in [0.3, 0.4) is 0 Å². The minimum absolute atomic E-state index is 0.146. The number of halogens is 1. The van der Waals surface area contributed by atoms with Gasteiger partial charge in [-0.05, 0) is 55.5 Å². The molecule has 2 N–H and O–H groups in total. The highest BCUT2D eigenvalue weighted by Crippen LogP contribution is 2.27. The molecular weight excluding hydrogens is 316 g/mol. The number of thiophene rings is 1. The summed E-state index contributed by atoms with van der Waals surface area (Å²) in [5, 5.41) is 12.8. The number of carbonyl (C=O) groups is 1. The predicted molar refractivity (Wildman–Crippen MR) is 78.3 cm³/mol. The normalized spacial score (nSPS) is 14.6. The Morgan fingerprint density at radius 2 is 2.22 bits per heavy atom. The highest BCUT2D eigenvalue weighted by Gasteiger charge is 2.22. The van der Waals surface area contributed by atoms with Gasteiger partial charge in [0.05, 0.1) is 14.3 Å². The van der Waals surface area contributed by atoms with Crippen molar-refractivity contribution in [2.75, 3.05) is 27.2 Å². The Hall–Kier alpha value is -0.430. The van der Waals surface area contributed by atoms with E-state index in [2.05, 4.69) is 21.2 Å². The van der Waals surface area contributed by atoms with Gasteiger partial charge in [-0.2, -0.15) is 0 Å². The minimum Gasteiger partial charge on any atom is -0.387 e. The van der Waals surface area contributed by atoms with Crippen molar-refractivity contribution < 1.29 is 9.90 Å². The summed E-state index contributed by atoms with van der Waals surface area (Å²) < 4.78 is 0.965. The molecule has 0 saturated carbocycles. The summed E-state index contributed by atoms with van der Waals surface area (Å²) >= 11 is 4.79.